The standard InChI is InChI=1S/C14H20N4O2/c1-11(13(15)16-20)17-7-9-18(10-8-17)14(19)12-5-3-2-4-6-12/h2-6,11,20H,7-10H2,1H3,(H2,15,16). The molecule has 1 aromatic carbocycles. The molecule has 1 aromatic rings. The molecule has 3 N–H and O–H groups in total. The number of benzene rings is 1. The lowest BCUT2D eigenvalue weighted by atomic mass is 10.1. The lowest BCUT2D eigenvalue weighted by molar-refractivity contribution is 0.0619. The van der Waals surface area contributed by atoms with Crippen molar-refractivity contribution in [2.75, 3.05) is 26.2 Å². The number of carbonyl (C=O) groups excluding carboxylic acids is 1. The predicted octanol–water partition coefficient (Wildman–Crippen LogP) is 0.579. The van der Waals surface area contributed by atoms with E-state index in [9.17, 15) is 4.79 Å². The summed E-state index contributed by atoms with van der Waals surface area (Å²) in [6, 6.07) is 9.16. The lowest BCUT2D eigenvalue weighted by Crippen LogP contribution is -2.54. The second kappa shape index (κ2) is 6.38. The van der Waals surface area contributed by atoms with E-state index < -0.39 is 0 Å². The van der Waals surface area contributed by atoms with E-state index >= 15 is 0 Å². The molecule has 0 aromatic heterocycles. The van der Waals surface area contributed by atoms with Gasteiger partial charge in [-0.3, -0.25) is 9.69 Å². The van der Waals surface area contributed by atoms with Gasteiger partial charge < -0.3 is 15.8 Å². The van der Waals surface area contributed by atoms with Gasteiger partial charge in [0.15, 0.2) is 5.84 Å². The van der Waals surface area contributed by atoms with Crippen LogP contribution in [0.25, 0.3) is 0 Å². The number of piperazine rings is 1. The SMILES string of the molecule is CC(C(N)=NO)N1CCN(C(=O)c2ccccc2)CC1. The average molecular weight is 276 g/mol. The molecule has 0 saturated carbocycles. The minimum atomic E-state index is -0.117. The fraction of sp³-hybridized carbons (Fsp3) is 0.429. The van der Waals surface area contributed by atoms with Crippen LogP contribution >= 0.6 is 0 Å². The van der Waals surface area contributed by atoms with Gasteiger partial charge in [0, 0.05) is 31.7 Å². The molecule has 2 rings (SSSR count). The molecular weight excluding hydrogens is 256 g/mol. The van der Waals surface area contributed by atoms with E-state index in [-0.39, 0.29) is 17.8 Å². The third kappa shape index (κ3) is 3.08. The molecule has 1 heterocycles. The highest BCUT2D eigenvalue weighted by Gasteiger charge is 2.26. The molecule has 1 amide bonds. The van der Waals surface area contributed by atoms with Crippen LogP contribution in [0.2, 0.25) is 0 Å². The van der Waals surface area contributed by atoms with Crippen LogP contribution in [0, 0.1) is 0 Å². The first-order chi connectivity index (χ1) is 9.63. The molecule has 108 valence electrons. The second-order valence-electron chi connectivity index (χ2n) is 4.90. The van der Waals surface area contributed by atoms with E-state index in [0.717, 1.165) is 13.1 Å². The Morgan fingerprint density at radius 2 is 1.85 bits per heavy atom. The minimum absolute atomic E-state index is 0.0571. The minimum Gasteiger partial charge on any atom is -0.409 e. The molecule has 1 unspecified atom stereocenters. The Labute approximate surface area is 118 Å². The number of hydrogen-bond donors (Lipinski definition) is 2. The van der Waals surface area contributed by atoms with Gasteiger partial charge in [0.05, 0.1) is 6.04 Å². The van der Waals surface area contributed by atoms with Crippen LogP contribution in [0.15, 0.2) is 35.5 Å². The van der Waals surface area contributed by atoms with Crippen molar-refractivity contribution in [2.24, 2.45) is 10.9 Å². The number of nitrogens with zero attached hydrogens (tertiary/aromatic N) is 3. The highest BCUT2D eigenvalue weighted by Crippen LogP contribution is 2.10. The molecule has 0 spiro atoms. The average Bonchev–Trinajstić information content (AvgIpc) is 2.53. The largest absolute Gasteiger partial charge is 0.409 e. The monoisotopic (exact) mass is 276 g/mol. The number of oxime groups is 1. The molecule has 6 nitrogen and oxygen atoms in total. The Hall–Kier alpha value is -2.08. The number of amidine groups is 1. The van der Waals surface area contributed by atoms with E-state index in [1.165, 1.54) is 0 Å². The van der Waals surface area contributed by atoms with Crippen molar-refractivity contribution in [2.45, 2.75) is 13.0 Å². The smallest absolute Gasteiger partial charge is 0.253 e. The van der Waals surface area contributed by atoms with E-state index in [2.05, 4.69) is 10.1 Å². The van der Waals surface area contributed by atoms with Crippen molar-refractivity contribution in [1.82, 2.24) is 9.80 Å². The van der Waals surface area contributed by atoms with Gasteiger partial charge in [0.2, 0.25) is 0 Å². The zero-order chi connectivity index (χ0) is 14.5. The second-order valence-corrected chi connectivity index (χ2v) is 4.90. The first kappa shape index (κ1) is 14.3. The van der Waals surface area contributed by atoms with Gasteiger partial charge in [-0.05, 0) is 19.1 Å². The highest BCUT2D eigenvalue weighted by atomic mass is 16.4. The van der Waals surface area contributed by atoms with Gasteiger partial charge in [-0.15, -0.1) is 0 Å². The van der Waals surface area contributed by atoms with Gasteiger partial charge in [-0.1, -0.05) is 23.4 Å². The molecule has 1 aliphatic rings. The van der Waals surface area contributed by atoms with Crippen molar-refractivity contribution in [3.63, 3.8) is 0 Å². The van der Waals surface area contributed by atoms with Crippen molar-refractivity contribution >= 4 is 11.7 Å². The summed E-state index contributed by atoms with van der Waals surface area (Å²) >= 11 is 0. The summed E-state index contributed by atoms with van der Waals surface area (Å²) in [6.45, 7) is 4.63. The topological polar surface area (TPSA) is 82.2 Å². The summed E-state index contributed by atoms with van der Waals surface area (Å²) in [5.41, 5.74) is 6.32. The van der Waals surface area contributed by atoms with Gasteiger partial charge in [-0.25, -0.2) is 0 Å². The summed E-state index contributed by atoms with van der Waals surface area (Å²) in [5, 5.41) is 11.7. The highest BCUT2D eigenvalue weighted by molar-refractivity contribution is 5.94. The number of hydrogen-bond acceptors (Lipinski definition) is 4. The third-order valence-electron chi connectivity index (χ3n) is 3.71. The molecular formula is C14H20N4O2. The number of carbonyl (C=O) groups is 1. The van der Waals surface area contributed by atoms with Crippen molar-refractivity contribution in [3.8, 4) is 0 Å². The van der Waals surface area contributed by atoms with Crippen LogP contribution in [0.1, 0.15) is 17.3 Å². The van der Waals surface area contributed by atoms with Crippen LogP contribution in [-0.4, -0.2) is 59.0 Å². The normalized spacial score (nSPS) is 18.9. The summed E-state index contributed by atoms with van der Waals surface area (Å²) < 4.78 is 0. The van der Waals surface area contributed by atoms with E-state index in [4.69, 9.17) is 10.9 Å². The Kier molecular flexibility index (Phi) is 4.57. The fourth-order valence-corrected chi connectivity index (χ4v) is 2.35. The molecule has 0 aliphatic carbocycles. The van der Waals surface area contributed by atoms with Crippen LogP contribution in [-0.2, 0) is 0 Å². The van der Waals surface area contributed by atoms with Gasteiger partial charge in [0.1, 0.15) is 0 Å². The van der Waals surface area contributed by atoms with Crippen LogP contribution < -0.4 is 5.73 Å². The molecule has 6 heteroatoms. The molecule has 1 aliphatic heterocycles. The Morgan fingerprint density at radius 3 is 2.40 bits per heavy atom. The third-order valence-corrected chi connectivity index (χ3v) is 3.71. The van der Waals surface area contributed by atoms with E-state index in [0.29, 0.717) is 18.7 Å². The van der Waals surface area contributed by atoms with E-state index in [1.54, 1.807) is 0 Å². The van der Waals surface area contributed by atoms with Crippen LogP contribution in [0.4, 0.5) is 0 Å². The maximum atomic E-state index is 12.3. The summed E-state index contributed by atoms with van der Waals surface area (Å²) in [6.07, 6.45) is 0. The Morgan fingerprint density at radius 1 is 1.25 bits per heavy atom. The molecule has 1 fully saturated rings. The summed E-state index contributed by atoms with van der Waals surface area (Å²) in [4.78, 5) is 16.2. The van der Waals surface area contributed by atoms with Crippen molar-refractivity contribution in [1.29, 1.82) is 0 Å². The first-order valence-corrected chi connectivity index (χ1v) is 6.69. The summed E-state index contributed by atoms with van der Waals surface area (Å²) in [7, 11) is 0. The van der Waals surface area contributed by atoms with Crippen LogP contribution in [0.3, 0.4) is 0 Å². The molecule has 1 atom stereocenters. The van der Waals surface area contributed by atoms with Gasteiger partial charge >= 0.3 is 0 Å². The van der Waals surface area contributed by atoms with E-state index in [1.807, 2.05) is 42.2 Å². The number of amides is 1. The van der Waals surface area contributed by atoms with Gasteiger partial charge in [0.25, 0.3) is 5.91 Å². The predicted molar refractivity (Wildman–Crippen MR) is 76.8 cm³/mol. The maximum Gasteiger partial charge on any atom is 0.253 e. The zero-order valence-corrected chi connectivity index (χ0v) is 11.6. The zero-order valence-electron chi connectivity index (χ0n) is 11.6. The Balaban J connectivity index is 1.93. The molecule has 1 saturated heterocycles. The van der Waals surface area contributed by atoms with Gasteiger partial charge in [-0.2, -0.15) is 0 Å². The molecule has 20 heavy (non-hydrogen) atoms. The first-order valence-electron chi connectivity index (χ1n) is 6.69. The molecule has 0 bridgehead atoms. The Bertz CT molecular complexity index is 481. The number of rotatable bonds is 3. The van der Waals surface area contributed by atoms with Crippen LogP contribution in [0.5, 0.6) is 0 Å². The summed E-state index contributed by atoms with van der Waals surface area (Å²) in [5.74, 6) is 0.259. The molecule has 0 radical (unpaired) electrons. The number of nitrogens with two attached hydrogens (primary N) is 1. The quantitative estimate of drug-likeness (QED) is 0.366. The van der Waals surface area contributed by atoms with Crippen molar-refractivity contribution in [3.05, 3.63) is 35.9 Å². The maximum absolute atomic E-state index is 12.3. The fourth-order valence-electron chi connectivity index (χ4n) is 2.35. The van der Waals surface area contributed by atoms with Crippen molar-refractivity contribution < 1.29 is 10.0 Å². The lowest BCUT2D eigenvalue weighted by Gasteiger charge is -2.37.